The van der Waals surface area contributed by atoms with Crippen molar-refractivity contribution in [3.8, 4) is 6.07 Å². The van der Waals surface area contributed by atoms with Crippen LogP contribution < -0.4 is 0 Å². The van der Waals surface area contributed by atoms with Gasteiger partial charge in [-0.2, -0.15) is 5.26 Å². The monoisotopic (exact) mass is 361 g/mol. The van der Waals surface area contributed by atoms with Gasteiger partial charge < -0.3 is 9.67 Å². The first-order chi connectivity index (χ1) is 12.9. The standard InChI is InChI=1S/C22H20FN3O/c1-14(2)16-4-6-17(7-5-16)22(27)10-20(26-13-25-12-21(22)26)18-8-3-15(11-24)9-19(18)23/h3-9,12-14,20,27H,10H2,1-2H3. The number of aromatic nitrogens is 2. The highest BCUT2D eigenvalue weighted by molar-refractivity contribution is 5.41. The molecule has 4 nitrogen and oxygen atoms in total. The zero-order chi connectivity index (χ0) is 19.2. The molecule has 5 heteroatoms. The van der Waals surface area contributed by atoms with Crippen molar-refractivity contribution in [3.63, 3.8) is 0 Å². The number of fused-ring (bicyclic) bond motifs is 1. The van der Waals surface area contributed by atoms with E-state index in [9.17, 15) is 9.50 Å². The molecule has 0 saturated carbocycles. The van der Waals surface area contributed by atoms with Gasteiger partial charge in [-0.05, 0) is 29.2 Å². The van der Waals surface area contributed by atoms with Gasteiger partial charge in [0, 0.05) is 12.0 Å². The SMILES string of the molecule is CC(C)c1ccc(C2(O)CC(c3ccc(C#N)cc3F)n3cncc32)cc1. The van der Waals surface area contributed by atoms with E-state index in [0.717, 1.165) is 5.56 Å². The fourth-order valence-corrected chi connectivity index (χ4v) is 3.89. The van der Waals surface area contributed by atoms with Crippen LogP contribution in [0.3, 0.4) is 0 Å². The van der Waals surface area contributed by atoms with E-state index in [1.54, 1.807) is 24.7 Å². The second-order valence-corrected chi connectivity index (χ2v) is 7.39. The number of benzene rings is 2. The highest BCUT2D eigenvalue weighted by atomic mass is 19.1. The topological polar surface area (TPSA) is 61.8 Å². The molecular weight excluding hydrogens is 341 g/mol. The molecule has 0 saturated heterocycles. The van der Waals surface area contributed by atoms with Crippen molar-refractivity contribution in [3.05, 3.63) is 88.8 Å². The summed E-state index contributed by atoms with van der Waals surface area (Å²) in [6, 6.07) is 13.9. The molecular formula is C22H20FN3O. The average Bonchev–Trinajstić information content (AvgIpc) is 3.25. The Morgan fingerprint density at radius 3 is 2.63 bits per heavy atom. The minimum Gasteiger partial charge on any atom is -0.379 e. The van der Waals surface area contributed by atoms with Gasteiger partial charge >= 0.3 is 0 Å². The first-order valence-corrected chi connectivity index (χ1v) is 8.98. The Balaban J connectivity index is 1.77. The van der Waals surface area contributed by atoms with Crippen molar-refractivity contribution >= 4 is 0 Å². The summed E-state index contributed by atoms with van der Waals surface area (Å²) >= 11 is 0. The average molecular weight is 361 g/mol. The van der Waals surface area contributed by atoms with Gasteiger partial charge in [0.2, 0.25) is 0 Å². The number of rotatable bonds is 3. The fourth-order valence-electron chi connectivity index (χ4n) is 3.89. The molecule has 1 aliphatic heterocycles. The number of nitrogens with zero attached hydrogens (tertiary/aromatic N) is 3. The lowest BCUT2D eigenvalue weighted by Gasteiger charge is -2.24. The number of hydrogen-bond acceptors (Lipinski definition) is 3. The Labute approximate surface area is 157 Å². The zero-order valence-electron chi connectivity index (χ0n) is 15.2. The van der Waals surface area contributed by atoms with Crippen LogP contribution in [-0.2, 0) is 5.60 Å². The molecule has 136 valence electrons. The molecule has 1 aromatic heterocycles. The van der Waals surface area contributed by atoms with Crippen molar-refractivity contribution in [2.75, 3.05) is 0 Å². The third-order valence-corrected chi connectivity index (χ3v) is 5.46. The van der Waals surface area contributed by atoms with Gasteiger partial charge in [0.1, 0.15) is 11.4 Å². The minimum absolute atomic E-state index is 0.277. The molecule has 0 spiro atoms. The summed E-state index contributed by atoms with van der Waals surface area (Å²) in [5.41, 5.74) is 2.10. The largest absolute Gasteiger partial charge is 0.379 e. The summed E-state index contributed by atoms with van der Waals surface area (Å²) in [7, 11) is 0. The lowest BCUT2D eigenvalue weighted by Crippen LogP contribution is -2.24. The predicted octanol–water partition coefficient (Wildman–Crippen LogP) is 4.25. The highest BCUT2D eigenvalue weighted by Crippen LogP contribution is 2.47. The second kappa shape index (κ2) is 6.33. The lowest BCUT2D eigenvalue weighted by molar-refractivity contribution is 0.0792. The van der Waals surface area contributed by atoms with Crippen LogP contribution in [0, 0.1) is 17.1 Å². The summed E-state index contributed by atoms with van der Waals surface area (Å²) in [5, 5.41) is 20.5. The van der Waals surface area contributed by atoms with Crippen LogP contribution >= 0.6 is 0 Å². The van der Waals surface area contributed by atoms with Crippen LogP contribution in [-0.4, -0.2) is 14.7 Å². The smallest absolute Gasteiger partial charge is 0.133 e. The van der Waals surface area contributed by atoms with Crippen LogP contribution in [0.25, 0.3) is 0 Å². The first kappa shape index (κ1) is 17.4. The maximum Gasteiger partial charge on any atom is 0.133 e. The molecule has 2 unspecified atom stereocenters. The van der Waals surface area contributed by atoms with Gasteiger partial charge in [0.05, 0.1) is 35.9 Å². The van der Waals surface area contributed by atoms with E-state index in [1.165, 1.54) is 11.6 Å². The van der Waals surface area contributed by atoms with E-state index in [1.807, 2.05) is 34.9 Å². The van der Waals surface area contributed by atoms with Crippen LogP contribution in [0.4, 0.5) is 4.39 Å². The number of imidazole rings is 1. The molecule has 2 heterocycles. The van der Waals surface area contributed by atoms with Crippen molar-refractivity contribution < 1.29 is 9.50 Å². The van der Waals surface area contributed by atoms with E-state index in [0.29, 0.717) is 23.6 Å². The van der Waals surface area contributed by atoms with Crippen LogP contribution in [0.5, 0.6) is 0 Å². The van der Waals surface area contributed by atoms with E-state index >= 15 is 0 Å². The maximum atomic E-state index is 14.6. The van der Waals surface area contributed by atoms with Gasteiger partial charge in [-0.15, -0.1) is 0 Å². The quantitative estimate of drug-likeness (QED) is 0.759. The minimum atomic E-state index is -1.24. The normalized spacial score (nSPS) is 21.3. The van der Waals surface area contributed by atoms with Crippen LogP contribution in [0.15, 0.2) is 55.0 Å². The number of hydrogen-bond donors (Lipinski definition) is 1. The van der Waals surface area contributed by atoms with E-state index in [-0.39, 0.29) is 11.6 Å². The second-order valence-electron chi connectivity index (χ2n) is 7.39. The van der Waals surface area contributed by atoms with Gasteiger partial charge in [-0.1, -0.05) is 44.2 Å². The Kier molecular flexibility index (Phi) is 4.09. The molecule has 0 radical (unpaired) electrons. The zero-order valence-corrected chi connectivity index (χ0v) is 15.2. The maximum absolute atomic E-state index is 14.6. The van der Waals surface area contributed by atoms with E-state index < -0.39 is 11.4 Å². The molecule has 4 rings (SSSR count). The number of nitriles is 1. The van der Waals surface area contributed by atoms with E-state index in [4.69, 9.17) is 5.26 Å². The fraction of sp³-hybridized carbons (Fsp3) is 0.273. The highest BCUT2D eigenvalue weighted by Gasteiger charge is 2.45. The summed E-state index contributed by atoms with van der Waals surface area (Å²) in [5.74, 6) is -0.0404. The molecule has 0 fully saturated rings. The third kappa shape index (κ3) is 2.73. The molecule has 1 aliphatic rings. The Morgan fingerprint density at radius 2 is 2.00 bits per heavy atom. The molecule has 3 aromatic rings. The molecule has 0 bridgehead atoms. The molecule has 2 aromatic carbocycles. The van der Waals surface area contributed by atoms with Gasteiger partial charge in [0.15, 0.2) is 0 Å². The van der Waals surface area contributed by atoms with Gasteiger partial charge in [-0.3, -0.25) is 0 Å². The summed E-state index contributed by atoms with van der Waals surface area (Å²) in [4.78, 5) is 4.18. The Hall–Kier alpha value is -2.97. The molecule has 2 atom stereocenters. The first-order valence-electron chi connectivity index (χ1n) is 8.98. The Bertz CT molecular complexity index is 1030. The van der Waals surface area contributed by atoms with Crippen LogP contribution in [0.1, 0.15) is 60.2 Å². The van der Waals surface area contributed by atoms with Crippen molar-refractivity contribution in [2.24, 2.45) is 0 Å². The number of halogens is 1. The Morgan fingerprint density at radius 1 is 1.26 bits per heavy atom. The third-order valence-electron chi connectivity index (χ3n) is 5.46. The summed E-state index contributed by atoms with van der Waals surface area (Å²) < 4.78 is 16.4. The van der Waals surface area contributed by atoms with Gasteiger partial charge in [0.25, 0.3) is 0 Å². The lowest BCUT2D eigenvalue weighted by atomic mass is 9.85. The van der Waals surface area contributed by atoms with Crippen molar-refractivity contribution in [2.45, 2.75) is 37.8 Å². The summed E-state index contributed by atoms with van der Waals surface area (Å²) in [6.07, 6.45) is 3.57. The summed E-state index contributed by atoms with van der Waals surface area (Å²) in [6.45, 7) is 4.25. The predicted molar refractivity (Wildman–Crippen MR) is 99.6 cm³/mol. The van der Waals surface area contributed by atoms with Crippen molar-refractivity contribution in [1.29, 1.82) is 5.26 Å². The van der Waals surface area contributed by atoms with E-state index in [2.05, 4.69) is 18.8 Å². The number of aliphatic hydroxyl groups is 1. The molecule has 1 N–H and O–H groups in total. The molecule has 0 amide bonds. The molecule has 27 heavy (non-hydrogen) atoms. The van der Waals surface area contributed by atoms with Crippen molar-refractivity contribution in [1.82, 2.24) is 9.55 Å². The molecule has 0 aliphatic carbocycles. The van der Waals surface area contributed by atoms with Crippen LogP contribution in [0.2, 0.25) is 0 Å². The van der Waals surface area contributed by atoms with Gasteiger partial charge in [-0.25, -0.2) is 9.37 Å².